The highest BCUT2D eigenvalue weighted by Gasteiger charge is 2.42. The summed E-state index contributed by atoms with van der Waals surface area (Å²) in [6.07, 6.45) is 5.38. The number of ether oxygens (including phenoxy) is 1. The summed E-state index contributed by atoms with van der Waals surface area (Å²) in [5.74, 6) is -0.196. The normalized spacial score (nSPS) is 17.9. The van der Waals surface area contributed by atoms with Gasteiger partial charge < -0.3 is 24.3 Å². The van der Waals surface area contributed by atoms with E-state index in [0.29, 0.717) is 35.9 Å². The first-order chi connectivity index (χ1) is 17.1. The fourth-order valence-corrected chi connectivity index (χ4v) is 4.39. The van der Waals surface area contributed by atoms with E-state index in [0.717, 1.165) is 19.3 Å². The number of anilines is 2. The maximum atomic E-state index is 14.4. The van der Waals surface area contributed by atoms with Crippen LogP contribution in [0.1, 0.15) is 56.4 Å². The first-order valence-electron chi connectivity index (χ1n) is 12.0. The monoisotopic (exact) mass is 496 g/mol. The number of oxazole rings is 1. The van der Waals surface area contributed by atoms with Crippen molar-refractivity contribution in [2.75, 3.05) is 23.3 Å². The highest BCUT2D eigenvalue weighted by molar-refractivity contribution is 6.03. The number of aryl methyl sites for hydroxylation is 1. The molecule has 10 nitrogen and oxygen atoms in total. The van der Waals surface area contributed by atoms with Crippen LogP contribution in [0.15, 0.2) is 28.9 Å². The Morgan fingerprint density at radius 1 is 1.17 bits per heavy atom. The van der Waals surface area contributed by atoms with E-state index in [1.807, 2.05) is 30.6 Å². The average molecular weight is 497 g/mol. The van der Waals surface area contributed by atoms with Crippen LogP contribution in [0.4, 0.5) is 20.7 Å². The molecule has 36 heavy (non-hydrogen) atoms. The number of aromatic nitrogens is 3. The quantitative estimate of drug-likeness (QED) is 0.556. The van der Waals surface area contributed by atoms with E-state index in [2.05, 4.69) is 20.3 Å². The van der Waals surface area contributed by atoms with Gasteiger partial charge in [0.15, 0.2) is 11.5 Å². The molecule has 2 amide bonds. The number of nitrogens with one attached hydrogen (secondary N) is 1. The third-order valence-corrected chi connectivity index (χ3v) is 6.13. The molecule has 2 fully saturated rings. The van der Waals surface area contributed by atoms with Crippen molar-refractivity contribution < 1.29 is 23.1 Å². The molecule has 0 spiro atoms. The SMILES string of the molecule is Cc1nc2cc(F)c(NC(=O)c3cnc(N4CCC(N(C(=O)OC(C)(C)C)C5CC5)C4)cn3)cc2o1. The van der Waals surface area contributed by atoms with Crippen LogP contribution < -0.4 is 10.2 Å². The maximum Gasteiger partial charge on any atom is 0.410 e. The third-order valence-electron chi connectivity index (χ3n) is 6.13. The van der Waals surface area contributed by atoms with Crippen LogP contribution in [0.25, 0.3) is 11.1 Å². The topological polar surface area (TPSA) is 114 Å². The number of fused-ring (bicyclic) bond motifs is 1. The Kier molecular flexibility index (Phi) is 6.01. The number of hydrogen-bond acceptors (Lipinski definition) is 8. The number of carbonyl (C=O) groups is 2. The first-order valence-corrected chi connectivity index (χ1v) is 12.0. The molecular formula is C25H29FN6O4. The molecule has 1 aliphatic carbocycles. The minimum absolute atomic E-state index is 0.0229. The van der Waals surface area contributed by atoms with E-state index < -0.39 is 17.3 Å². The van der Waals surface area contributed by atoms with Crippen molar-refractivity contribution in [3.05, 3.63) is 41.9 Å². The maximum absolute atomic E-state index is 14.4. The first kappa shape index (κ1) is 24.0. The highest BCUT2D eigenvalue weighted by atomic mass is 19.1. The van der Waals surface area contributed by atoms with Crippen molar-refractivity contribution in [2.24, 2.45) is 0 Å². The standard InChI is InChI=1S/C25H29FN6O4/c1-14-29-19-9-17(26)18(10-21(19)35-14)30-23(33)20-11-28-22(12-27-20)31-8-7-16(13-31)32(15-5-6-15)24(34)36-25(2,3)4/h9-12,15-16H,5-8,13H2,1-4H3,(H,30,33). The largest absolute Gasteiger partial charge is 0.444 e. The molecule has 2 aliphatic rings. The molecule has 5 rings (SSSR count). The molecule has 1 saturated carbocycles. The predicted octanol–water partition coefficient (Wildman–Crippen LogP) is 4.30. The lowest BCUT2D eigenvalue weighted by molar-refractivity contribution is 0.0158. The molecule has 190 valence electrons. The third kappa shape index (κ3) is 5.09. The lowest BCUT2D eigenvalue weighted by atomic mass is 10.2. The van der Waals surface area contributed by atoms with Crippen LogP contribution in [0, 0.1) is 12.7 Å². The average Bonchev–Trinajstić information content (AvgIpc) is 3.38. The van der Waals surface area contributed by atoms with Crippen LogP contribution in [0.3, 0.4) is 0 Å². The number of hydrogen-bond donors (Lipinski definition) is 1. The molecule has 0 radical (unpaired) electrons. The summed E-state index contributed by atoms with van der Waals surface area (Å²) >= 11 is 0. The molecular weight excluding hydrogens is 467 g/mol. The van der Waals surface area contributed by atoms with E-state index in [1.165, 1.54) is 24.5 Å². The minimum Gasteiger partial charge on any atom is -0.444 e. The van der Waals surface area contributed by atoms with Gasteiger partial charge in [0.05, 0.1) is 24.1 Å². The van der Waals surface area contributed by atoms with Gasteiger partial charge in [-0.15, -0.1) is 0 Å². The summed E-state index contributed by atoms with van der Waals surface area (Å²) < 4.78 is 25.5. The zero-order valence-electron chi connectivity index (χ0n) is 20.7. The molecule has 2 aromatic heterocycles. The Bertz CT molecular complexity index is 1300. The lowest BCUT2D eigenvalue weighted by Crippen LogP contribution is -2.46. The van der Waals surface area contributed by atoms with Crippen LogP contribution >= 0.6 is 0 Å². The lowest BCUT2D eigenvalue weighted by Gasteiger charge is -2.31. The van der Waals surface area contributed by atoms with Crippen LogP contribution in [0.2, 0.25) is 0 Å². The summed E-state index contributed by atoms with van der Waals surface area (Å²) in [6.45, 7) is 8.58. The molecule has 3 aromatic rings. The molecule has 1 unspecified atom stereocenters. The summed E-state index contributed by atoms with van der Waals surface area (Å²) in [4.78, 5) is 42.1. The molecule has 3 heterocycles. The van der Waals surface area contributed by atoms with Crippen molar-refractivity contribution >= 4 is 34.6 Å². The van der Waals surface area contributed by atoms with Crippen molar-refractivity contribution in [3.8, 4) is 0 Å². The van der Waals surface area contributed by atoms with Crippen molar-refractivity contribution in [3.63, 3.8) is 0 Å². The Balaban J connectivity index is 1.24. The molecule has 1 aromatic carbocycles. The Morgan fingerprint density at radius 3 is 2.61 bits per heavy atom. The van der Waals surface area contributed by atoms with Gasteiger partial charge in [-0.05, 0) is 40.0 Å². The highest BCUT2D eigenvalue weighted by Crippen LogP contribution is 2.34. The molecule has 1 saturated heterocycles. The number of carbonyl (C=O) groups excluding carboxylic acids is 2. The van der Waals surface area contributed by atoms with E-state index in [4.69, 9.17) is 9.15 Å². The van der Waals surface area contributed by atoms with Crippen molar-refractivity contribution in [1.29, 1.82) is 0 Å². The number of nitrogens with zero attached hydrogens (tertiary/aromatic N) is 5. The van der Waals surface area contributed by atoms with E-state index in [1.54, 1.807) is 6.92 Å². The Hall–Kier alpha value is -3.76. The van der Waals surface area contributed by atoms with Crippen molar-refractivity contribution in [1.82, 2.24) is 19.9 Å². The van der Waals surface area contributed by atoms with Crippen LogP contribution in [-0.2, 0) is 4.74 Å². The molecule has 0 bridgehead atoms. The van der Waals surface area contributed by atoms with Gasteiger partial charge in [-0.25, -0.2) is 24.1 Å². The van der Waals surface area contributed by atoms with Gasteiger partial charge in [-0.1, -0.05) is 0 Å². The molecule has 1 aliphatic heterocycles. The van der Waals surface area contributed by atoms with Gasteiger partial charge in [0.2, 0.25) is 0 Å². The summed E-state index contributed by atoms with van der Waals surface area (Å²) in [5.41, 5.74) is 0.228. The zero-order valence-corrected chi connectivity index (χ0v) is 20.7. The minimum atomic E-state index is -0.623. The van der Waals surface area contributed by atoms with Gasteiger partial charge >= 0.3 is 6.09 Å². The van der Waals surface area contributed by atoms with Gasteiger partial charge in [0.1, 0.15) is 28.4 Å². The van der Waals surface area contributed by atoms with E-state index >= 15 is 0 Å². The summed E-state index contributed by atoms with van der Waals surface area (Å²) in [5, 5.41) is 2.51. The van der Waals surface area contributed by atoms with Crippen molar-refractivity contribution in [2.45, 2.75) is 64.6 Å². The number of halogens is 1. The summed E-state index contributed by atoms with van der Waals surface area (Å²) in [7, 11) is 0. The van der Waals surface area contributed by atoms with E-state index in [9.17, 15) is 14.0 Å². The fourth-order valence-electron chi connectivity index (χ4n) is 4.39. The number of rotatable bonds is 5. The molecule has 11 heteroatoms. The summed E-state index contributed by atoms with van der Waals surface area (Å²) in [6, 6.07) is 2.85. The smallest absolute Gasteiger partial charge is 0.410 e. The fraction of sp³-hybridized carbons (Fsp3) is 0.480. The molecule has 1 atom stereocenters. The number of benzene rings is 1. The van der Waals surface area contributed by atoms with Gasteiger partial charge in [0, 0.05) is 38.2 Å². The van der Waals surface area contributed by atoms with Crippen LogP contribution in [-0.4, -0.2) is 62.6 Å². The Labute approximate surface area is 207 Å². The van der Waals surface area contributed by atoms with Gasteiger partial charge in [0.25, 0.3) is 5.91 Å². The van der Waals surface area contributed by atoms with Gasteiger partial charge in [-0.2, -0.15) is 0 Å². The van der Waals surface area contributed by atoms with Gasteiger partial charge in [-0.3, -0.25) is 4.79 Å². The second-order valence-corrected chi connectivity index (χ2v) is 10.3. The predicted molar refractivity (Wildman–Crippen MR) is 130 cm³/mol. The zero-order chi connectivity index (χ0) is 25.6. The van der Waals surface area contributed by atoms with E-state index in [-0.39, 0.29) is 29.6 Å². The van der Waals surface area contributed by atoms with Crippen LogP contribution in [0.5, 0.6) is 0 Å². The molecule has 1 N–H and O–H groups in total. The second kappa shape index (κ2) is 9.03. The number of amides is 2. The Morgan fingerprint density at radius 2 is 1.94 bits per heavy atom. The second-order valence-electron chi connectivity index (χ2n) is 10.3.